The summed E-state index contributed by atoms with van der Waals surface area (Å²) < 4.78 is 30.2. The zero-order chi connectivity index (χ0) is 32.5. The van der Waals surface area contributed by atoms with Crippen molar-refractivity contribution in [2.75, 3.05) is 24.0 Å². The fourth-order valence-electron chi connectivity index (χ4n) is 4.52. The van der Waals surface area contributed by atoms with E-state index in [1.54, 1.807) is 24.0 Å². The van der Waals surface area contributed by atoms with Gasteiger partial charge in [-0.05, 0) is 42.3 Å². The summed E-state index contributed by atoms with van der Waals surface area (Å²) in [6, 6.07) is 21.4. The highest BCUT2D eigenvalue weighted by molar-refractivity contribution is 5.99. The van der Waals surface area contributed by atoms with Crippen molar-refractivity contribution in [1.82, 2.24) is 15.3 Å². The zero-order valence-electron chi connectivity index (χ0n) is 24.6. The summed E-state index contributed by atoms with van der Waals surface area (Å²) in [6.45, 7) is 5.48. The smallest absolute Gasteiger partial charge is 0.480 e. The fourth-order valence-corrected chi connectivity index (χ4v) is 4.52. The van der Waals surface area contributed by atoms with Gasteiger partial charge in [0.05, 0.1) is 36.3 Å². The molecule has 3 N–H and O–H groups in total. The third-order valence-electron chi connectivity index (χ3n) is 6.59. The Morgan fingerprint density at radius 1 is 0.935 bits per heavy atom. The van der Waals surface area contributed by atoms with Gasteiger partial charge in [0.25, 0.3) is 0 Å². The minimum Gasteiger partial charge on any atom is -0.480 e. The van der Waals surface area contributed by atoms with Crippen molar-refractivity contribution in [2.45, 2.75) is 20.1 Å². The van der Waals surface area contributed by atoms with Crippen molar-refractivity contribution >= 4 is 23.5 Å². The molecular weight excluding hydrogens is 598 g/mol. The lowest BCUT2D eigenvalue weighted by Crippen LogP contribution is -2.27. The van der Waals surface area contributed by atoms with Gasteiger partial charge in [-0.2, -0.15) is 0 Å². The van der Waals surface area contributed by atoms with Gasteiger partial charge in [-0.1, -0.05) is 64.9 Å². The predicted molar refractivity (Wildman–Crippen MR) is 164 cm³/mol. The molecule has 0 amide bonds. The Kier molecular flexibility index (Phi) is 9.77. The van der Waals surface area contributed by atoms with Gasteiger partial charge in [0.2, 0.25) is 6.79 Å². The number of aromatic nitrogens is 3. The number of nitrogen functional groups attached to an aromatic ring is 1. The lowest BCUT2D eigenvalue weighted by atomic mass is 9.98. The molecule has 0 radical (unpaired) electrons. The Hall–Kier alpha value is -6.31. The number of carbonyl (C=O) groups is 2. The largest absolute Gasteiger partial charge is 0.511 e. The molecule has 0 saturated heterocycles. The van der Waals surface area contributed by atoms with E-state index in [2.05, 4.69) is 26.4 Å². The minimum atomic E-state index is -1.07. The number of esters is 1. The first kappa shape index (κ1) is 31.1. The van der Waals surface area contributed by atoms with Crippen LogP contribution in [0.2, 0.25) is 0 Å². The van der Waals surface area contributed by atoms with Gasteiger partial charge in [-0.15, -0.1) is 0 Å². The van der Waals surface area contributed by atoms with Crippen molar-refractivity contribution in [3.63, 3.8) is 0 Å². The van der Waals surface area contributed by atoms with E-state index >= 15 is 0 Å². The highest BCUT2D eigenvalue weighted by atomic mass is 16.8. The monoisotopic (exact) mass is 627 g/mol. The molecule has 3 aromatic carbocycles. The van der Waals surface area contributed by atoms with Crippen molar-refractivity contribution in [2.24, 2.45) is 0 Å². The van der Waals surface area contributed by atoms with Crippen LogP contribution in [0.1, 0.15) is 28.6 Å². The molecule has 0 bridgehead atoms. The summed E-state index contributed by atoms with van der Waals surface area (Å²) in [4.78, 5) is 40.8. The lowest BCUT2D eigenvalue weighted by molar-refractivity contribution is -0.0309. The number of nitrogens with zero attached hydrogens (tertiary/aromatic N) is 3. The van der Waals surface area contributed by atoms with Crippen LogP contribution in [0.15, 0.2) is 105 Å². The van der Waals surface area contributed by atoms with Crippen LogP contribution in [-0.4, -0.2) is 40.8 Å². The topological polar surface area (TPSA) is 185 Å². The molecule has 46 heavy (non-hydrogen) atoms. The van der Waals surface area contributed by atoms with Crippen molar-refractivity contribution in [1.29, 1.82) is 0 Å². The molecule has 0 aliphatic carbocycles. The van der Waals surface area contributed by atoms with E-state index < -0.39 is 24.7 Å². The van der Waals surface area contributed by atoms with Gasteiger partial charge >= 0.3 is 17.9 Å². The quantitative estimate of drug-likeness (QED) is 0.0747. The molecule has 0 unspecified atom stereocenters. The van der Waals surface area contributed by atoms with E-state index in [-0.39, 0.29) is 30.3 Å². The van der Waals surface area contributed by atoms with Gasteiger partial charge in [0.15, 0.2) is 24.1 Å². The first-order valence-corrected chi connectivity index (χ1v) is 13.9. The van der Waals surface area contributed by atoms with E-state index in [0.29, 0.717) is 29.4 Å². The molecule has 5 aromatic rings. The number of nitrogens with one attached hydrogen (secondary N) is 1. The average molecular weight is 628 g/mol. The summed E-state index contributed by atoms with van der Waals surface area (Å²) in [7, 11) is 0. The molecule has 14 heteroatoms. The molecule has 236 valence electrons. The van der Waals surface area contributed by atoms with Gasteiger partial charge in [-0.3, -0.25) is 9.51 Å². The summed E-state index contributed by atoms with van der Waals surface area (Å²) >= 11 is 0. The number of nitrogens with two attached hydrogens (primary N) is 1. The molecule has 0 saturated carbocycles. The van der Waals surface area contributed by atoms with Gasteiger partial charge < -0.3 is 34.1 Å². The lowest BCUT2D eigenvalue weighted by Gasteiger charge is -2.29. The Bertz CT molecular complexity index is 1860. The molecule has 14 nitrogen and oxygen atoms in total. The second kappa shape index (κ2) is 14.4. The Labute approximate surface area is 261 Å². The summed E-state index contributed by atoms with van der Waals surface area (Å²) in [6.07, 6.45) is 0.337. The fraction of sp³-hybridized carbons (Fsp3) is 0.156. The van der Waals surface area contributed by atoms with E-state index in [4.69, 9.17) is 29.2 Å². The molecule has 0 fully saturated rings. The number of H-pyrrole nitrogens is 1. The maximum atomic E-state index is 13.2. The highest BCUT2D eigenvalue weighted by Gasteiger charge is 2.24. The second-order valence-electron chi connectivity index (χ2n) is 9.55. The number of para-hydroxylation sites is 1. The van der Waals surface area contributed by atoms with Crippen LogP contribution in [-0.2, 0) is 32.1 Å². The van der Waals surface area contributed by atoms with E-state index in [0.717, 1.165) is 16.7 Å². The third-order valence-corrected chi connectivity index (χ3v) is 6.59. The van der Waals surface area contributed by atoms with Crippen LogP contribution in [0.25, 0.3) is 22.5 Å². The van der Waals surface area contributed by atoms with E-state index in [1.165, 1.54) is 18.3 Å². The number of hydrogen-bond donors (Lipinski definition) is 2. The normalized spacial score (nSPS) is 10.6. The molecule has 5 rings (SSSR count). The number of aromatic amines is 1. The Balaban J connectivity index is 1.33. The number of rotatable bonds is 13. The number of hydrogen-bond acceptors (Lipinski definition) is 13. The Morgan fingerprint density at radius 2 is 1.72 bits per heavy atom. The van der Waals surface area contributed by atoms with Crippen LogP contribution in [0.5, 0.6) is 0 Å². The molecule has 0 aliphatic heterocycles. The van der Waals surface area contributed by atoms with Crippen LogP contribution in [0.4, 0.5) is 16.2 Å². The SMILES string of the molecule is C=C(OCC)N(Cc1ccc(-c2ccccc2-c2noc(=O)[nH]2)cc1)c1c(N)cccc1C(=O)OCOC(=O)OCc1ccno1. The van der Waals surface area contributed by atoms with E-state index in [9.17, 15) is 14.4 Å². The van der Waals surface area contributed by atoms with Crippen molar-refractivity contribution < 1.29 is 37.6 Å². The summed E-state index contributed by atoms with van der Waals surface area (Å²) in [5.41, 5.74) is 10.2. The molecular formula is C32H29N5O9. The molecule has 0 aliphatic rings. The minimum absolute atomic E-state index is 0.0895. The summed E-state index contributed by atoms with van der Waals surface area (Å²) in [5.74, 6) is -0.580. The third kappa shape index (κ3) is 7.42. The standard InChI is InChI=1S/C32H29N5O9/c1-3-41-20(2)37(17-21-11-13-22(14-12-21)24-7-4-5-8-25(24)29-35-31(39)46-36-29)28-26(9-6-10-27(28)33)30(38)43-19-44-32(40)42-18-23-15-16-34-45-23/h4-16H,2-3,17-19,33H2,1H3,(H,35,36,39). The van der Waals surface area contributed by atoms with Crippen LogP contribution >= 0.6 is 0 Å². The van der Waals surface area contributed by atoms with Crippen molar-refractivity contribution in [3.8, 4) is 22.5 Å². The highest BCUT2D eigenvalue weighted by Crippen LogP contribution is 2.34. The molecule has 2 heterocycles. The average Bonchev–Trinajstić information content (AvgIpc) is 3.75. The maximum absolute atomic E-state index is 13.2. The van der Waals surface area contributed by atoms with Crippen LogP contribution in [0, 0.1) is 0 Å². The number of anilines is 2. The van der Waals surface area contributed by atoms with Gasteiger partial charge in [-0.25, -0.2) is 14.4 Å². The second-order valence-corrected chi connectivity index (χ2v) is 9.55. The molecule has 0 spiro atoms. The molecule has 0 atom stereocenters. The van der Waals surface area contributed by atoms with Crippen LogP contribution in [0.3, 0.4) is 0 Å². The first-order chi connectivity index (χ1) is 22.3. The Morgan fingerprint density at radius 3 is 2.41 bits per heavy atom. The first-order valence-electron chi connectivity index (χ1n) is 13.9. The number of ether oxygens (including phenoxy) is 4. The maximum Gasteiger partial charge on any atom is 0.511 e. The van der Waals surface area contributed by atoms with Gasteiger partial charge in [0, 0.05) is 11.6 Å². The zero-order valence-corrected chi connectivity index (χ0v) is 24.6. The van der Waals surface area contributed by atoms with Gasteiger partial charge in [0.1, 0.15) is 0 Å². The summed E-state index contributed by atoms with van der Waals surface area (Å²) in [5, 5.41) is 7.32. The van der Waals surface area contributed by atoms with Crippen LogP contribution < -0.4 is 16.4 Å². The predicted octanol–water partition coefficient (Wildman–Crippen LogP) is 5.25. The number of benzene rings is 3. The van der Waals surface area contributed by atoms with E-state index in [1.807, 2.05) is 48.5 Å². The van der Waals surface area contributed by atoms with Crippen molar-refractivity contribution in [3.05, 3.63) is 119 Å². The number of carbonyl (C=O) groups excluding carboxylic acids is 2. The molecule has 2 aromatic heterocycles.